The fourth-order valence-electron chi connectivity index (χ4n) is 0. The second-order valence-electron chi connectivity index (χ2n) is 0.0833. The fraction of sp³-hybridized carbons (Fsp3) is 0. The summed E-state index contributed by atoms with van der Waals surface area (Å²) in [6.45, 7) is 0. The zero-order valence-electron chi connectivity index (χ0n) is 2.43. The van der Waals surface area contributed by atoms with Crippen LogP contribution in [0.2, 0.25) is 0 Å². The summed E-state index contributed by atoms with van der Waals surface area (Å²) in [6, 6.07) is 0. The molecule has 0 unspecified atom stereocenters. The van der Waals surface area contributed by atoms with Crippen molar-refractivity contribution in [1.29, 1.82) is 0 Å². The van der Waals surface area contributed by atoms with Crippen molar-refractivity contribution in [2.24, 2.45) is 0 Å². The largest absolute Gasteiger partial charge is 0.373 e. The van der Waals surface area contributed by atoms with Crippen LogP contribution in [0.1, 0.15) is 0 Å². The topological polar surface area (TPSA) is 62.6 Å². The molecule has 3 nitrogen and oxygen atoms in total. The van der Waals surface area contributed by atoms with E-state index in [9.17, 15) is 0 Å². The Morgan fingerprint density at radius 2 is 1.20 bits per heavy atom. The Balaban J connectivity index is -0.0000000200. The molecule has 24 valence electrons. The van der Waals surface area contributed by atoms with Crippen molar-refractivity contribution in [3.63, 3.8) is 0 Å². The number of carbonyl (C=O) groups excluding carboxylic acids is 2. The van der Waals surface area contributed by atoms with Crippen molar-refractivity contribution in [1.82, 2.24) is 0 Å². The van der Waals surface area contributed by atoms with Gasteiger partial charge in [-0.3, -0.25) is 0 Å². The molecule has 0 aromatic carbocycles. The SMILES string of the molecule is O=C=O.[He].[O]. The molecule has 0 rings (SSSR count). The molecule has 0 spiro atoms. The predicted molar refractivity (Wildman–Crippen MR) is 5.69 cm³/mol. The first-order valence-electron chi connectivity index (χ1n) is 0.408. The maximum Gasteiger partial charge on any atom is 0.373 e. The average molecular weight is 64.0 g/mol. The molecule has 0 aliphatic rings. The molecular weight excluding hydrogens is 64.0 g/mol. The fourth-order valence-corrected chi connectivity index (χ4v) is 0. The van der Waals surface area contributed by atoms with E-state index >= 15 is 0 Å². The Hall–Kier alpha value is -0.751. The molecule has 0 atom stereocenters. The van der Waals surface area contributed by atoms with E-state index in [0.717, 1.165) is 0 Å². The van der Waals surface area contributed by atoms with E-state index in [0.29, 0.717) is 0 Å². The first-order chi connectivity index (χ1) is 1.41. The Morgan fingerprint density at radius 3 is 1.20 bits per heavy atom. The Labute approximate surface area is 28.7 Å². The van der Waals surface area contributed by atoms with Gasteiger partial charge in [-0.15, -0.1) is 0 Å². The van der Waals surface area contributed by atoms with Gasteiger partial charge >= 0.3 is 6.15 Å². The standard InChI is InChI=1S/CO2.He.O/c2-1-3;;. The first kappa shape index (κ1) is 28.7. The van der Waals surface area contributed by atoms with E-state index in [-0.39, 0.29) is 17.8 Å². The molecule has 0 N–H and O–H groups in total. The minimum Gasteiger partial charge on any atom is -0.186 e. The van der Waals surface area contributed by atoms with Gasteiger partial charge in [-0.2, -0.15) is 9.59 Å². The van der Waals surface area contributed by atoms with Gasteiger partial charge in [-0.25, -0.2) is 0 Å². The van der Waals surface area contributed by atoms with E-state index in [1.165, 1.54) is 0 Å². The number of hydrogen-bond donors (Lipinski definition) is 0. The minimum atomic E-state index is 0. The molecule has 4 heteroatoms. The smallest absolute Gasteiger partial charge is 0.186 e. The van der Waals surface area contributed by atoms with Gasteiger partial charge in [-0.05, 0) is 0 Å². The van der Waals surface area contributed by atoms with Gasteiger partial charge < -0.3 is 0 Å². The third kappa shape index (κ3) is 8.99. The summed E-state index contributed by atoms with van der Waals surface area (Å²) in [5, 5.41) is 0. The van der Waals surface area contributed by atoms with Crippen molar-refractivity contribution in [2.45, 2.75) is 0 Å². The second kappa shape index (κ2) is 265. The van der Waals surface area contributed by atoms with Crippen molar-refractivity contribution in [3.8, 4) is 0 Å². The molecule has 0 heterocycles. The van der Waals surface area contributed by atoms with Crippen LogP contribution in [0, 0.1) is 6.15 Å². The maximum atomic E-state index is 8.12. The summed E-state index contributed by atoms with van der Waals surface area (Å²) >= 11 is 0. The molecule has 0 amide bonds. The molecule has 0 aromatic heterocycles. The zero-order chi connectivity index (χ0) is 2.71. The molecular formula is CHeO3. The van der Waals surface area contributed by atoms with Crippen LogP contribution in [0.4, 0.5) is 0 Å². The third-order valence-electron chi connectivity index (χ3n) is 0. The predicted octanol–water partition coefficient (Wildman–Crippen LogP) is -0.702. The van der Waals surface area contributed by atoms with Crippen molar-refractivity contribution in [3.05, 3.63) is 0 Å². The number of rotatable bonds is 0. The quantitative estimate of drug-likeness (QED) is 0.373. The minimum absolute atomic E-state index is 0. The third-order valence-corrected chi connectivity index (χ3v) is 0. The van der Waals surface area contributed by atoms with Gasteiger partial charge in [0, 0.05) is 11.6 Å². The summed E-state index contributed by atoms with van der Waals surface area (Å²) in [7, 11) is 0. The second-order valence-corrected chi connectivity index (χ2v) is 0.0833. The molecule has 5 heavy (non-hydrogen) atoms. The summed E-state index contributed by atoms with van der Waals surface area (Å²) in [4.78, 5) is 16.2. The maximum absolute atomic E-state index is 8.12. The van der Waals surface area contributed by atoms with E-state index < -0.39 is 0 Å². The van der Waals surface area contributed by atoms with Gasteiger partial charge in [-0.1, -0.05) is 0 Å². The van der Waals surface area contributed by atoms with Crippen LogP contribution in [-0.4, -0.2) is 6.15 Å². The van der Waals surface area contributed by atoms with Crippen molar-refractivity contribution < 1.29 is 21.2 Å². The van der Waals surface area contributed by atoms with Crippen LogP contribution in [0.15, 0.2) is 0 Å². The summed E-state index contributed by atoms with van der Waals surface area (Å²) in [6.07, 6.45) is 0.250. The van der Waals surface area contributed by atoms with E-state index in [4.69, 9.17) is 9.59 Å². The molecule has 0 saturated heterocycles. The summed E-state index contributed by atoms with van der Waals surface area (Å²) in [5.74, 6) is 0. The van der Waals surface area contributed by atoms with Crippen LogP contribution >= 0.6 is 0 Å². The molecule has 0 aliphatic heterocycles. The van der Waals surface area contributed by atoms with Crippen LogP contribution in [0.3, 0.4) is 0 Å². The molecule has 0 saturated carbocycles. The zero-order valence-corrected chi connectivity index (χ0v) is 2.43. The van der Waals surface area contributed by atoms with Crippen LogP contribution < -0.4 is 0 Å². The Bertz CT molecular complexity index is 27.9. The summed E-state index contributed by atoms with van der Waals surface area (Å²) in [5.41, 5.74) is 0. The Kier molecular flexibility index (Phi) is 1520. The van der Waals surface area contributed by atoms with Crippen molar-refractivity contribution >= 4 is 6.15 Å². The van der Waals surface area contributed by atoms with Gasteiger partial charge in [0.15, 0.2) is 0 Å². The van der Waals surface area contributed by atoms with Gasteiger partial charge in [0.25, 0.3) is 0 Å². The van der Waals surface area contributed by atoms with Crippen molar-refractivity contribution in [2.75, 3.05) is 0 Å². The van der Waals surface area contributed by atoms with Gasteiger partial charge in [0.05, 0.1) is 0 Å². The molecule has 0 bridgehead atoms. The normalized spacial score (nSPS) is 1.60. The molecule has 2 radical (unpaired) electrons. The number of hydrogen-bond acceptors (Lipinski definition) is 2. The molecule has 0 fully saturated rings. The van der Waals surface area contributed by atoms with Gasteiger partial charge in [0.2, 0.25) is 0 Å². The van der Waals surface area contributed by atoms with Crippen LogP contribution in [-0.2, 0) is 15.1 Å². The monoisotopic (exact) mass is 64.0 g/mol. The molecule has 0 aromatic rings. The van der Waals surface area contributed by atoms with Gasteiger partial charge in [0.1, 0.15) is 0 Å². The summed E-state index contributed by atoms with van der Waals surface area (Å²) < 4.78 is 0. The van der Waals surface area contributed by atoms with Crippen LogP contribution in [0.5, 0.6) is 0 Å². The molecule has 0 aliphatic carbocycles. The Morgan fingerprint density at radius 1 is 1.20 bits per heavy atom. The van der Waals surface area contributed by atoms with E-state index in [2.05, 4.69) is 0 Å². The van der Waals surface area contributed by atoms with E-state index in [1.54, 1.807) is 0 Å². The average Bonchev–Trinajstić information content (AvgIpc) is 0.918. The van der Waals surface area contributed by atoms with E-state index in [1.807, 2.05) is 0 Å². The first-order valence-corrected chi connectivity index (χ1v) is 0.408. The van der Waals surface area contributed by atoms with Crippen LogP contribution in [0.25, 0.3) is 0 Å².